The number of hydrazine groups is 1. The normalized spacial score (nSPS) is 11.5. The predicted octanol–water partition coefficient (Wildman–Crippen LogP) is 0.696. The Hall–Kier alpha value is -1.30. The molecule has 0 unspecified atom stereocenters. The van der Waals surface area contributed by atoms with Gasteiger partial charge in [0.05, 0.1) is 5.54 Å². The molecule has 0 aliphatic rings. The molecule has 0 aliphatic carbocycles. The van der Waals surface area contributed by atoms with E-state index in [0.717, 1.165) is 10.0 Å². The van der Waals surface area contributed by atoms with Gasteiger partial charge in [-0.2, -0.15) is 0 Å². The van der Waals surface area contributed by atoms with Crippen molar-refractivity contribution in [2.75, 3.05) is 13.6 Å². The van der Waals surface area contributed by atoms with E-state index < -0.39 is 17.6 Å². The molecule has 0 radical (unpaired) electrons. The predicted molar refractivity (Wildman–Crippen MR) is 49.9 cm³/mol. The van der Waals surface area contributed by atoms with Crippen molar-refractivity contribution in [1.29, 1.82) is 0 Å². The van der Waals surface area contributed by atoms with Gasteiger partial charge in [0.1, 0.15) is 6.54 Å². The maximum atomic E-state index is 10.9. The summed E-state index contributed by atoms with van der Waals surface area (Å²) in [6.07, 6.45) is -1.17. The van der Waals surface area contributed by atoms with Crippen LogP contribution in [-0.2, 0) is 4.79 Å². The Kier molecular flexibility index (Phi) is 3.88. The molecule has 2 N–H and O–H groups in total. The van der Waals surface area contributed by atoms with Gasteiger partial charge in [-0.05, 0) is 20.8 Å². The van der Waals surface area contributed by atoms with E-state index in [1.807, 2.05) is 0 Å². The highest BCUT2D eigenvalue weighted by Crippen LogP contribution is 2.15. The molecule has 14 heavy (non-hydrogen) atoms. The lowest BCUT2D eigenvalue weighted by atomic mass is 10.1. The van der Waals surface area contributed by atoms with Crippen molar-refractivity contribution >= 4 is 12.1 Å². The quantitative estimate of drug-likeness (QED) is 0.661. The summed E-state index contributed by atoms with van der Waals surface area (Å²) < 4.78 is 0. The van der Waals surface area contributed by atoms with E-state index in [1.165, 1.54) is 7.05 Å². The van der Waals surface area contributed by atoms with E-state index in [9.17, 15) is 9.59 Å². The van der Waals surface area contributed by atoms with Crippen LogP contribution in [0.2, 0.25) is 0 Å². The van der Waals surface area contributed by atoms with Crippen molar-refractivity contribution in [3.05, 3.63) is 0 Å². The van der Waals surface area contributed by atoms with Gasteiger partial charge < -0.3 is 10.2 Å². The second-order valence-corrected chi connectivity index (χ2v) is 3.97. The van der Waals surface area contributed by atoms with Crippen molar-refractivity contribution < 1.29 is 19.8 Å². The number of nitrogens with zero attached hydrogens (tertiary/aromatic N) is 2. The molecule has 82 valence electrons. The molecule has 0 aliphatic heterocycles. The second kappa shape index (κ2) is 4.28. The molecule has 0 atom stereocenters. The fraction of sp³-hybridized carbons (Fsp3) is 0.750. The van der Waals surface area contributed by atoms with Crippen LogP contribution in [0.3, 0.4) is 0 Å². The van der Waals surface area contributed by atoms with Gasteiger partial charge in [0.15, 0.2) is 0 Å². The number of hydrogen-bond acceptors (Lipinski definition) is 3. The molecule has 0 bridgehead atoms. The van der Waals surface area contributed by atoms with Crippen LogP contribution in [0.25, 0.3) is 0 Å². The van der Waals surface area contributed by atoms with Crippen LogP contribution < -0.4 is 0 Å². The second-order valence-electron chi connectivity index (χ2n) is 3.97. The molecule has 0 saturated carbocycles. The zero-order valence-electron chi connectivity index (χ0n) is 8.81. The number of amides is 1. The van der Waals surface area contributed by atoms with Gasteiger partial charge in [0, 0.05) is 7.05 Å². The Morgan fingerprint density at radius 2 is 1.64 bits per heavy atom. The highest BCUT2D eigenvalue weighted by Gasteiger charge is 2.30. The third-order valence-corrected chi connectivity index (χ3v) is 1.52. The molecule has 0 rings (SSSR count). The minimum Gasteiger partial charge on any atom is -0.480 e. The van der Waals surface area contributed by atoms with Gasteiger partial charge in [-0.1, -0.05) is 0 Å². The highest BCUT2D eigenvalue weighted by molar-refractivity contribution is 5.70. The van der Waals surface area contributed by atoms with E-state index in [4.69, 9.17) is 10.2 Å². The molecule has 0 saturated heterocycles. The van der Waals surface area contributed by atoms with Crippen molar-refractivity contribution in [2.45, 2.75) is 26.3 Å². The molecular formula is C8H16N2O4. The van der Waals surface area contributed by atoms with Crippen molar-refractivity contribution in [3.8, 4) is 0 Å². The maximum Gasteiger partial charge on any atom is 0.422 e. The van der Waals surface area contributed by atoms with E-state index in [-0.39, 0.29) is 6.54 Å². The van der Waals surface area contributed by atoms with Crippen molar-refractivity contribution in [2.24, 2.45) is 0 Å². The topological polar surface area (TPSA) is 81.1 Å². The van der Waals surface area contributed by atoms with Crippen LogP contribution >= 0.6 is 0 Å². The van der Waals surface area contributed by atoms with Crippen LogP contribution in [-0.4, -0.2) is 51.4 Å². The molecule has 0 aromatic carbocycles. The third kappa shape index (κ3) is 3.61. The van der Waals surface area contributed by atoms with E-state index in [1.54, 1.807) is 20.8 Å². The first-order valence-corrected chi connectivity index (χ1v) is 4.12. The fourth-order valence-corrected chi connectivity index (χ4v) is 1.21. The molecule has 0 fully saturated rings. The average molecular weight is 204 g/mol. The molecule has 0 spiro atoms. The molecule has 6 heteroatoms. The Labute approximate surface area is 82.7 Å². The van der Waals surface area contributed by atoms with E-state index >= 15 is 0 Å². The van der Waals surface area contributed by atoms with Gasteiger partial charge in [-0.15, -0.1) is 0 Å². The number of carbonyl (C=O) groups is 2. The number of carboxylic acid groups (broad SMARTS) is 2. The first-order valence-electron chi connectivity index (χ1n) is 4.12. The molecule has 0 heterocycles. The van der Waals surface area contributed by atoms with Crippen LogP contribution in [0.15, 0.2) is 0 Å². The maximum absolute atomic E-state index is 10.9. The van der Waals surface area contributed by atoms with Crippen LogP contribution in [0.1, 0.15) is 20.8 Å². The summed E-state index contributed by atoms with van der Waals surface area (Å²) in [7, 11) is 1.42. The van der Waals surface area contributed by atoms with Gasteiger partial charge in [0.2, 0.25) is 0 Å². The van der Waals surface area contributed by atoms with Gasteiger partial charge >= 0.3 is 12.1 Å². The van der Waals surface area contributed by atoms with Crippen LogP contribution in [0.5, 0.6) is 0 Å². The van der Waals surface area contributed by atoms with Crippen LogP contribution in [0, 0.1) is 0 Å². The molecule has 6 nitrogen and oxygen atoms in total. The summed E-state index contributed by atoms with van der Waals surface area (Å²) in [6, 6.07) is 0. The van der Waals surface area contributed by atoms with Crippen molar-refractivity contribution in [3.63, 3.8) is 0 Å². The summed E-state index contributed by atoms with van der Waals surface area (Å²) >= 11 is 0. The first kappa shape index (κ1) is 12.7. The lowest BCUT2D eigenvalue weighted by molar-refractivity contribution is -0.144. The zero-order valence-corrected chi connectivity index (χ0v) is 8.81. The summed E-state index contributed by atoms with van der Waals surface area (Å²) in [4.78, 5) is 21.3. The minimum atomic E-state index is -1.17. The Morgan fingerprint density at radius 3 is 1.86 bits per heavy atom. The van der Waals surface area contributed by atoms with Crippen LogP contribution in [0.4, 0.5) is 4.79 Å². The highest BCUT2D eigenvalue weighted by atomic mass is 16.4. The number of hydrogen-bond donors (Lipinski definition) is 2. The number of likely N-dealkylation sites (N-methyl/N-ethyl adjacent to an activating group) is 1. The number of aliphatic carboxylic acids is 1. The van der Waals surface area contributed by atoms with Gasteiger partial charge in [-0.3, -0.25) is 4.79 Å². The number of rotatable bonds is 3. The monoisotopic (exact) mass is 204 g/mol. The van der Waals surface area contributed by atoms with E-state index in [0.29, 0.717) is 0 Å². The summed E-state index contributed by atoms with van der Waals surface area (Å²) in [6.45, 7) is 4.74. The summed E-state index contributed by atoms with van der Waals surface area (Å²) in [5, 5.41) is 19.5. The molecule has 0 aromatic heterocycles. The standard InChI is InChI=1S/C8H16N2O4/c1-8(2,3)10(7(13)14)9(4)5-6(11)12/h5H2,1-4H3,(H,11,12)(H,13,14). The smallest absolute Gasteiger partial charge is 0.422 e. The summed E-state index contributed by atoms with van der Waals surface area (Å²) in [5.41, 5.74) is -0.657. The summed E-state index contributed by atoms with van der Waals surface area (Å²) in [5.74, 6) is -1.07. The first-order chi connectivity index (χ1) is 6.16. The third-order valence-electron chi connectivity index (χ3n) is 1.52. The fourth-order valence-electron chi connectivity index (χ4n) is 1.21. The molecule has 0 aromatic rings. The molecule has 1 amide bonds. The van der Waals surface area contributed by atoms with E-state index in [2.05, 4.69) is 0 Å². The zero-order chi connectivity index (χ0) is 11.5. The SMILES string of the molecule is CN(CC(=O)O)N(C(=O)O)C(C)(C)C. The Morgan fingerprint density at radius 1 is 1.21 bits per heavy atom. The largest absolute Gasteiger partial charge is 0.480 e. The average Bonchev–Trinajstić information content (AvgIpc) is 1.78. The Balaban J connectivity index is 4.67. The Bertz CT molecular complexity index is 234. The lowest BCUT2D eigenvalue weighted by Crippen LogP contribution is -2.55. The van der Waals surface area contributed by atoms with Gasteiger partial charge in [-0.25, -0.2) is 14.8 Å². The van der Waals surface area contributed by atoms with Crippen molar-refractivity contribution in [1.82, 2.24) is 10.0 Å². The van der Waals surface area contributed by atoms with Gasteiger partial charge in [0.25, 0.3) is 0 Å². The lowest BCUT2D eigenvalue weighted by Gasteiger charge is -2.38. The minimum absolute atomic E-state index is 0.344. The molecular weight excluding hydrogens is 188 g/mol. The number of carboxylic acids is 1.